The lowest BCUT2D eigenvalue weighted by Crippen LogP contribution is -2.03. The summed E-state index contributed by atoms with van der Waals surface area (Å²) in [7, 11) is 0. The van der Waals surface area contributed by atoms with Crippen LogP contribution in [-0.2, 0) is 6.54 Å². The maximum Gasteiger partial charge on any atom is 0.201 e. The monoisotopic (exact) mass is 187 g/mol. The van der Waals surface area contributed by atoms with E-state index in [4.69, 9.17) is 5.73 Å². The average molecular weight is 187 g/mol. The van der Waals surface area contributed by atoms with E-state index in [2.05, 4.69) is 11.6 Å². The molecule has 14 heavy (non-hydrogen) atoms. The topological polar surface area (TPSA) is 43.8 Å². The number of fused-ring (bicyclic) bond motifs is 1. The van der Waals surface area contributed by atoms with Crippen molar-refractivity contribution in [1.29, 1.82) is 0 Å². The third-order valence-corrected chi connectivity index (χ3v) is 2.11. The molecule has 0 unspecified atom stereocenters. The van der Waals surface area contributed by atoms with E-state index >= 15 is 0 Å². The average Bonchev–Trinajstić information content (AvgIpc) is 2.43. The fourth-order valence-electron chi connectivity index (χ4n) is 1.53. The number of anilines is 1. The van der Waals surface area contributed by atoms with Gasteiger partial charge in [0, 0.05) is 6.54 Å². The molecule has 0 bridgehead atoms. The Hall–Kier alpha value is -1.77. The minimum Gasteiger partial charge on any atom is -0.369 e. The summed E-state index contributed by atoms with van der Waals surface area (Å²) in [4.78, 5) is 4.27. The lowest BCUT2D eigenvalue weighted by atomic mass is 10.3. The Balaban J connectivity index is 2.62. The van der Waals surface area contributed by atoms with Gasteiger partial charge in [-0.25, -0.2) is 4.98 Å². The van der Waals surface area contributed by atoms with Crippen molar-refractivity contribution in [2.24, 2.45) is 0 Å². The summed E-state index contributed by atoms with van der Waals surface area (Å²) in [6.45, 7) is 6.58. The van der Waals surface area contributed by atoms with Crippen LogP contribution in [-0.4, -0.2) is 9.55 Å². The molecule has 0 amide bonds. The molecule has 3 heteroatoms. The molecule has 0 atom stereocenters. The Kier molecular flexibility index (Phi) is 2.00. The zero-order valence-corrected chi connectivity index (χ0v) is 8.20. The van der Waals surface area contributed by atoms with E-state index in [0.29, 0.717) is 5.95 Å². The van der Waals surface area contributed by atoms with Gasteiger partial charge in [-0.15, -0.1) is 0 Å². The molecule has 0 saturated heterocycles. The first-order valence-corrected chi connectivity index (χ1v) is 4.53. The number of para-hydroxylation sites is 2. The molecule has 0 saturated carbocycles. The maximum atomic E-state index is 5.81. The summed E-state index contributed by atoms with van der Waals surface area (Å²) in [5.41, 5.74) is 8.88. The van der Waals surface area contributed by atoms with Crippen molar-refractivity contribution in [3.05, 3.63) is 36.4 Å². The number of benzene rings is 1. The minimum atomic E-state index is 0.550. The molecule has 0 radical (unpaired) electrons. The van der Waals surface area contributed by atoms with E-state index in [1.165, 1.54) is 0 Å². The number of hydrogen-bond donors (Lipinski definition) is 1. The molecule has 2 rings (SSSR count). The maximum absolute atomic E-state index is 5.81. The third kappa shape index (κ3) is 1.37. The van der Waals surface area contributed by atoms with Crippen molar-refractivity contribution in [3.8, 4) is 0 Å². The smallest absolute Gasteiger partial charge is 0.201 e. The summed E-state index contributed by atoms with van der Waals surface area (Å²) >= 11 is 0. The van der Waals surface area contributed by atoms with Crippen LogP contribution in [0.3, 0.4) is 0 Å². The fourth-order valence-corrected chi connectivity index (χ4v) is 1.53. The molecular formula is C11H13N3. The van der Waals surface area contributed by atoms with Gasteiger partial charge in [-0.3, -0.25) is 0 Å². The number of allylic oxidation sites excluding steroid dienone is 1. The summed E-state index contributed by atoms with van der Waals surface area (Å²) in [6.07, 6.45) is 0. The van der Waals surface area contributed by atoms with Crippen molar-refractivity contribution in [2.45, 2.75) is 13.5 Å². The molecule has 0 fully saturated rings. The largest absolute Gasteiger partial charge is 0.369 e. The lowest BCUT2D eigenvalue weighted by Gasteiger charge is -2.04. The number of hydrogen-bond acceptors (Lipinski definition) is 2. The van der Waals surface area contributed by atoms with E-state index < -0.39 is 0 Å². The van der Waals surface area contributed by atoms with Gasteiger partial charge in [0.05, 0.1) is 11.0 Å². The molecule has 1 aromatic heterocycles. The molecule has 2 aromatic rings. The first-order chi connectivity index (χ1) is 6.68. The highest BCUT2D eigenvalue weighted by molar-refractivity contribution is 5.78. The quantitative estimate of drug-likeness (QED) is 0.732. The first kappa shape index (κ1) is 8.81. The Morgan fingerprint density at radius 2 is 2.21 bits per heavy atom. The van der Waals surface area contributed by atoms with E-state index in [9.17, 15) is 0 Å². The SMILES string of the molecule is C=C(C)Cn1c(N)nc2ccccc21. The second-order valence-corrected chi connectivity index (χ2v) is 3.50. The van der Waals surface area contributed by atoms with Crippen LogP contribution in [0.1, 0.15) is 6.92 Å². The number of nitrogen functional groups attached to an aromatic ring is 1. The van der Waals surface area contributed by atoms with Crippen molar-refractivity contribution in [3.63, 3.8) is 0 Å². The molecule has 3 nitrogen and oxygen atoms in total. The van der Waals surface area contributed by atoms with E-state index in [1.807, 2.05) is 35.8 Å². The molecule has 1 heterocycles. The molecule has 2 N–H and O–H groups in total. The molecule has 72 valence electrons. The van der Waals surface area contributed by atoms with Crippen LogP contribution in [0.2, 0.25) is 0 Å². The first-order valence-electron chi connectivity index (χ1n) is 4.53. The Morgan fingerprint density at radius 3 is 2.93 bits per heavy atom. The Morgan fingerprint density at radius 1 is 1.50 bits per heavy atom. The fraction of sp³-hybridized carbons (Fsp3) is 0.182. The molecule has 0 aliphatic rings. The molecular weight excluding hydrogens is 174 g/mol. The summed E-state index contributed by atoms with van der Waals surface area (Å²) in [5.74, 6) is 0.550. The summed E-state index contributed by atoms with van der Waals surface area (Å²) < 4.78 is 1.97. The lowest BCUT2D eigenvalue weighted by molar-refractivity contribution is 0.824. The Bertz CT molecular complexity index is 482. The zero-order chi connectivity index (χ0) is 10.1. The van der Waals surface area contributed by atoms with Crippen LogP contribution in [0.5, 0.6) is 0 Å². The van der Waals surface area contributed by atoms with Crippen LogP contribution in [0.25, 0.3) is 11.0 Å². The van der Waals surface area contributed by atoms with Crippen LogP contribution in [0.4, 0.5) is 5.95 Å². The minimum absolute atomic E-state index is 0.550. The van der Waals surface area contributed by atoms with Gasteiger partial charge in [-0.2, -0.15) is 0 Å². The number of imidazole rings is 1. The van der Waals surface area contributed by atoms with Gasteiger partial charge in [-0.05, 0) is 19.1 Å². The van der Waals surface area contributed by atoms with Gasteiger partial charge in [0.15, 0.2) is 0 Å². The normalized spacial score (nSPS) is 10.6. The third-order valence-electron chi connectivity index (χ3n) is 2.11. The Labute approximate surface area is 82.9 Å². The second kappa shape index (κ2) is 3.18. The van der Waals surface area contributed by atoms with Crippen LogP contribution in [0, 0.1) is 0 Å². The van der Waals surface area contributed by atoms with E-state index in [0.717, 1.165) is 23.2 Å². The van der Waals surface area contributed by atoms with Gasteiger partial charge in [-0.1, -0.05) is 24.3 Å². The van der Waals surface area contributed by atoms with Crippen LogP contribution in [0.15, 0.2) is 36.4 Å². The van der Waals surface area contributed by atoms with E-state index in [1.54, 1.807) is 0 Å². The van der Waals surface area contributed by atoms with Crippen molar-refractivity contribution < 1.29 is 0 Å². The van der Waals surface area contributed by atoms with Crippen molar-refractivity contribution in [1.82, 2.24) is 9.55 Å². The van der Waals surface area contributed by atoms with Gasteiger partial charge >= 0.3 is 0 Å². The van der Waals surface area contributed by atoms with Crippen LogP contribution >= 0.6 is 0 Å². The van der Waals surface area contributed by atoms with Gasteiger partial charge < -0.3 is 10.3 Å². The highest BCUT2D eigenvalue weighted by atomic mass is 15.1. The highest BCUT2D eigenvalue weighted by Gasteiger charge is 2.06. The van der Waals surface area contributed by atoms with Crippen LogP contribution < -0.4 is 5.73 Å². The zero-order valence-electron chi connectivity index (χ0n) is 8.20. The number of aromatic nitrogens is 2. The summed E-state index contributed by atoms with van der Waals surface area (Å²) in [6, 6.07) is 7.92. The molecule has 1 aromatic carbocycles. The van der Waals surface area contributed by atoms with Crippen molar-refractivity contribution >= 4 is 17.0 Å². The number of rotatable bonds is 2. The van der Waals surface area contributed by atoms with Gasteiger partial charge in [0.25, 0.3) is 0 Å². The highest BCUT2D eigenvalue weighted by Crippen LogP contribution is 2.18. The summed E-state index contributed by atoms with van der Waals surface area (Å²) in [5, 5.41) is 0. The van der Waals surface area contributed by atoms with Gasteiger partial charge in [0.2, 0.25) is 5.95 Å². The second-order valence-electron chi connectivity index (χ2n) is 3.50. The molecule has 0 spiro atoms. The standard InChI is InChI=1S/C11H13N3/c1-8(2)7-14-10-6-4-3-5-9(10)13-11(14)12/h3-6H,1,7H2,2H3,(H2,12,13). The number of nitrogens with zero attached hydrogens (tertiary/aromatic N) is 2. The van der Waals surface area contributed by atoms with Gasteiger partial charge in [0.1, 0.15) is 0 Å². The predicted molar refractivity (Wildman–Crippen MR) is 59.0 cm³/mol. The predicted octanol–water partition coefficient (Wildman–Crippen LogP) is 2.19. The van der Waals surface area contributed by atoms with E-state index in [-0.39, 0.29) is 0 Å². The number of nitrogens with two attached hydrogens (primary N) is 1. The molecule has 0 aliphatic carbocycles. The molecule has 0 aliphatic heterocycles. The van der Waals surface area contributed by atoms with Crippen molar-refractivity contribution in [2.75, 3.05) is 5.73 Å².